The zero-order valence-corrected chi connectivity index (χ0v) is 10.4. The highest BCUT2D eigenvalue weighted by Crippen LogP contribution is 2.27. The van der Waals surface area contributed by atoms with Crippen LogP contribution in [-0.4, -0.2) is 33.7 Å². The number of likely N-dealkylation sites (tertiary alicyclic amines) is 1. The van der Waals surface area contributed by atoms with Crippen LogP contribution in [0.2, 0.25) is 0 Å². The van der Waals surface area contributed by atoms with Gasteiger partial charge in [0.25, 0.3) is 0 Å². The molecule has 1 aliphatic heterocycles. The van der Waals surface area contributed by atoms with Gasteiger partial charge in [0.05, 0.1) is 0 Å². The minimum atomic E-state index is 0.165. The maximum Gasteiger partial charge on any atom is 0.219 e. The van der Waals surface area contributed by atoms with Crippen LogP contribution in [0.5, 0.6) is 0 Å². The Bertz CT molecular complexity index is 368. The van der Waals surface area contributed by atoms with Crippen molar-refractivity contribution in [2.45, 2.75) is 12.8 Å². The van der Waals surface area contributed by atoms with E-state index in [0.29, 0.717) is 5.92 Å². The van der Waals surface area contributed by atoms with Gasteiger partial charge in [0.1, 0.15) is 3.70 Å². The molecule has 0 bridgehead atoms. The number of aryl methyl sites for hydroxylation is 1. The summed E-state index contributed by atoms with van der Waals surface area (Å²) in [6, 6.07) is 2.09. The second-order valence-electron chi connectivity index (χ2n) is 3.64. The second kappa shape index (κ2) is 3.52. The smallest absolute Gasteiger partial charge is 0.219 e. The SMILES string of the molecule is CC(=O)N1CC(c2cc(I)nn2C)C1. The van der Waals surface area contributed by atoms with Crippen molar-refractivity contribution in [3.05, 3.63) is 15.5 Å². The van der Waals surface area contributed by atoms with Gasteiger partial charge in [0, 0.05) is 38.7 Å². The summed E-state index contributed by atoms with van der Waals surface area (Å²) in [7, 11) is 1.95. The Hall–Kier alpha value is -0.590. The number of hydrogen-bond donors (Lipinski definition) is 0. The lowest BCUT2D eigenvalue weighted by molar-refractivity contribution is -0.133. The van der Waals surface area contributed by atoms with E-state index in [2.05, 4.69) is 33.8 Å². The molecule has 1 amide bonds. The molecule has 1 fully saturated rings. The fourth-order valence-corrected chi connectivity index (χ4v) is 2.39. The van der Waals surface area contributed by atoms with E-state index in [1.54, 1.807) is 6.92 Å². The molecule has 0 radical (unpaired) electrons. The predicted octanol–water partition coefficient (Wildman–Crippen LogP) is 0.970. The van der Waals surface area contributed by atoms with Crippen molar-refractivity contribution in [2.75, 3.05) is 13.1 Å². The predicted molar refractivity (Wildman–Crippen MR) is 60.9 cm³/mol. The summed E-state index contributed by atoms with van der Waals surface area (Å²) >= 11 is 2.21. The van der Waals surface area contributed by atoms with Crippen LogP contribution in [0.25, 0.3) is 0 Å². The van der Waals surface area contributed by atoms with Gasteiger partial charge in [-0.3, -0.25) is 9.48 Å². The largest absolute Gasteiger partial charge is 0.341 e. The molecule has 14 heavy (non-hydrogen) atoms. The first-order chi connectivity index (χ1) is 6.58. The maximum absolute atomic E-state index is 11.0. The van der Waals surface area contributed by atoms with Crippen LogP contribution in [0.3, 0.4) is 0 Å². The fourth-order valence-electron chi connectivity index (χ4n) is 1.75. The van der Waals surface area contributed by atoms with E-state index in [4.69, 9.17) is 0 Å². The van der Waals surface area contributed by atoms with E-state index < -0.39 is 0 Å². The van der Waals surface area contributed by atoms with E-state index in [9.17, 15) is 4.79 Å². The standard InChI is InChI=1S/C9H12IN3O/c1-6(14)13-4-7(5-13)8-3-9(10)11-12(8)2/h3,7H,4-5H2,1-2H3. The highest BCUT2D eigenvalue weighted by atomic mass is 127. The van der Waals surface area contributed by atoms with Gasteiger partial charge in [-0.05, 0) is 28.7 Å². The van der Waals surface area contributed by atoms with E-state index in [1.807, 2.05) is 16.6 Å². The third-order valence-electron chi connectivity index (χ3n) is 2.63. The number of halogens is 1. The third kappa shape index (κ3) is 1.65. The molecule has 0 spiro atoms. The Kier molecular flexibility index (Phi) is 2.50. The van der Waals surface area contributed by atoms with Crippen molar-refractivity contribution < 1.29 is 4.79 Å². The van der Waals surface area contributed by atoms with Gasteiger partial charge >= 0.3 is 0 Å². The molecule has 1 aliphatic rings. The molecule has 0 saturated carbocycles. The molecular formula is C9H12IN3O. The normalized spacial score (nSPS) is 16.9. The first kappa shape index (κ1) is 9.95. The number of aromatic nitrogens is 2. The molecule has 1 aromatic rings. The Morgan fingerprint density at radius 1 is 1.64 bits per heavy atom. The van der Waals surface area contributed by atoms with Crippen molar-refractivity contribution >= 4 is 28.5 Å². The number of rotatable bonds is 1. The molecule has 2 heterocycles. The molecule has 0 aliphatic carbocycles. The first-order valence-corrected chi connectivity index (χ1v) is 5.60. The summed E-state index contributed by atoms with van der Waals surface area (Å²) in [5.41, 5.74) is 1.23. The Morgan fingerprint density at radius 3 is 2.71 bits per heavy atom. The molecule has 4 nitrogen and oxygen atoms in total. The molecule has 5 heteroatoms. The van der Waals surface area contributed by atoms with Crippen LogP contribution >= 0.6 is 22.6 Å². The third-order valence-corrected chi connectivity index (χ3v) is 3.16. The summed E-state index contributed by atoms with van der Waals surface area (Å²) in [6.07, 6.45) is 0. The number of carbonyl (C=O) groups is 1. The van der Waals surface area contributed by atoms with Crippen LogP contribution < -0.4 is 0 Å². The number of amides is 1. The average molecular weight is 305 g/mol. The lowest BCUT2D eigenvalue weighted by Crippen LogP contribution is -2.48. The van der Waals surface area contributed by atoms with Gasteiger partial charge in [-0.25, -0.2) is 0 Å². The molecule has 2 rings (SSSR count). The van der Waals surface area contributed by atoms with Crippen molar-refractivity contribution in [3.8, 4) is 0 Å². The molecule has 0 aromatic carbocycles. The van der Waals surface area contributed by atoms with Crippen LogP contribution in [0, 0.1) is 3.70 Å². The molecule has 0 N–H and O–H groups in total. The van der Waals surface area contributed by atoms with Crippen LogP contribution in [0.15, 0.2) is 6.07 Å². The Morgan fingerprint density at radius 2 is 2.29 bits per heavy atom. The molecule has 76 valence electrons. The number of carbonyl (C=O) groups excluding carboxylic acids is 1. The van der Waals surface area contributed by atoms with Crippen LogP contribution in [-0.2, 0) is 11.8 Å². The zero-order chi connectivity index (χ0) is 10.3. The van der Waals surface area contributed by atoms with E-state index in [0.717, 1.165) is 16.8 Å². The van der Waals surface area contributed by atoms with Crippen molar-refractivity contribution in [3.63, 3.8) is 0 Å². The van der Waals surface area contributed by atoms with E-state index in [-0.39, 0.29) is 5.91 Å². The zero-order valence-electron chi connectivity index (χ0n) is 8.20. The van der Waals surface area contributed by atoms with Crippen molar-refractivity contribution in [2.24, 2.45) is 7.05 Å². The summed E-state index contributed by atoms with van der Waals surface area (Å²) in [6.45, 7) is 3.29. The first-order valence-electron chi connectivity index (χ1n) is 4.53. The topological polar surface area (TPSA) is 38.1 Å². The molecule has 0 atom stereocenters. The van der Waals surface area contributed by atoms with Crippen molar-refractivity contribution in [1.29, 1.82) is 0 Å². The summed E-state index contributed by atoms with van der Waals surface area (Å²) < 4.78 is 2.92. The monoisotopic (exact) mass is 305 g/mol. The van der Waals surface area contributed by atoms with Crippen LogP contribution in [0.1, 0.15) is 18.5 Å². The molecule has 0 unspecified atom stereocenters. The highest BCUT2D eigenvalue weighted by Gasteiger charge is 2.31. The Labute approximate surface area is 96.4 Å². The van der Waals surface area contributed by atoms with Gasteiger partial charge in [-0.2, -0.15) is 5.10 Å². The molecule has 1 saturated heterocycles. The quantitative estimate of drug-likeness (QED) is 0.725. The number of nitrogens with zero attached hydrogens (tertiary/aromatic N) is 3. The average Bonchev–Trinajstić information content (AvgIpc) is 2.26. The maximum atomic E-state index is 11.0. The molecular weight excluding hydrogens is 293 g/mol. The second-order valence-corrected chi connectivity index (χ2v) is 4.74. The van der Waals surface area contributed by atoms with Crippen molar-refractivity contribution in [1.82, 2.24) is 14.7 Å². The molecule has 1 aromatic heterocycles. The van der Waals surface area contributed by atoms with E-state index in [1.165, 1.54) is 5.69 Å². The lowest BCUT2D eigenvalue weighted by Gasteiger charge is -2.38. The fraction of sp³-hybridized carbons (Fsp3) is 0.556. The minimum Gasteiger partial charge on any atom is -0.341 e. The van der Waals surface area contributed by atoms with Gasteiger partial charge in [-0.1, -0.05) is 0 Å². The van der Waals surface area contributed by atoms with Gasteiger partial charge in [-0.15, -0.1) is 0 Å². The Balaban J connectivity index is 2.06. The summed E-state index contributed by atoms with van der Waals surface area (Å²) in [4.78, 5) is 12.8. The lowest BCUT2D eigenvalue weighted by atomic mass is 9.96. The van der Waals surface area contributed by atoms with Gasteiger partial charge in [0.2, 0.25) is 5.91 Å². The number of hydrogen-bond acceptors (Lipinski definition) is 2. The van der Waals surface area contributed by atoms with Gasteiger partial charge in [0.15, 0.2) is 0 Å². The summed E-state index contributed by atoms with van der Waals surface area (Å²) in [5, 5.41) is 4.28. The summed E-state index contributed by atoms with van der Waals surface area (Å²) in [5.74, 6) is 0.637. The van der Waals surface area contributed by atoms with E-state index >= 15 is 0 Å². The minimum absolute atomic E-state index is 0.165. The van der Waals surface area contributed by atoms with Crippen LogP contribution in [0.4, 0.5) is 0 Å². The highest BCUT2D eigenvalue weighted by molar-refractivity contribution is 14.1. The van der Waals surface area contributed by atoms with Gasteiger partial charge < -0.3 is 4.90 Å².